The van der Waals surface area contributed by atoms with Crippen molar-refractivity contribution < 1.29 is 4.79 Å². The average molecular weight is 128 g/mol. The number of rotatable bonds is 0. The Bertz CT molecular complexity index is 135. The van der Waals surface area contributed by atoms with E-state index < -0.39 is 0 Å². The number of carbonyl (C=O) groups excluding carboxylic acids is 1. The van der Waals surface area contributed by atoms with E-state index in [4.69, 9.17) is 5.73 Å². The average Bonchev–Trinajstić information content (AvgIpc) is 1.98. The van der Waals surface area contributed by atoms with Gasteiger partial charge in [-0.15, -0.1) is 0 Å². The van der Waals surface area contributed by atoms with E-state index in [0.717, 1.165) is 0 Å². The van der Waals surface area contributed by atoms with Gasteiger partial charge in [0, 0.05) is 19.6 Å². The van der Waals surface area contributed by atoms with Crippen LogP contribution >= 0.6 is 0 Å². The smallest absolute Gasteiger partial charge is 0.226 e. The van der Waals surface area contributed by atoms with Crippen molar-refractivity contribution in [1.82, 2.24) is 4.90 Å². The van der Waals surface area contributed by atoms with Gasteiger partial charge in [0.2, 0.25) is 5.91 Å². The Kier molecular flexibility index (Phi) is 1.45. The van der Waals surface area contributed by atoms with E-state index in [-0.39, 0.29) is 17.9 Å². The predicted octanol–water partition coefficient (Wildman–Crippen LogP) is -0.578. The summed E-state index contributed by atoms with van der Waals surface area (Å²) >= 11 is 0. The van der Waals surface area contributed by atoms with Gasteiger partial charge in [-0.25, -0.2) is 0 Å². The number of nitrogens with two attached hydrogens (primary N) is 1. The molecule has 0 aromatic carbocycles. The van der Waals surface area contributed by atoms with Gasteiger partial charge in [-0.3, -0.25) is 4.79 Å². The summed E-state index contributed by atoms with van der Waals surface area (Å²) in [5.74, 6) is 0.192. The molecule has 1 aliphatic heterocycles. The van der Waals surface area contributed by atoms with Gasteiger partial charge in [0.15, 0.2) is 0 Å². The molecule has 3 heteroatoms. The highest BCUT2D eigenvalue weighted by molar-refractivity contribution is 5.81. The molecule has 2 N–H and O–H groups in total. The lowest BCUT2D eigenvalue weighted by molar-refractivity contribution is -0.129. The topological polar surface area (TPSA) is 46.3 Å². The Hall–Kier alpha value is -0.570. The van der Waals surface area contributed by atoms with Crippen molar-refractivity contribution in [3.05, 3.63) is 0 Å². The van der Waals surface area contributed by atoms with E-state index in [1.165, 1.54) is 0 Å². The molecule has 0 radical (unpaired) electrons. The SMILES string of the molecule is CC1C(=O)N(C)CC1N. The fourth-order valence-electron chi connectivity index (χ4n) is 1.10. The molecule has 0 bridgehead atoms. The van der Waals surface area contributed by atoms with Crippen molar-refractivity contribution >= 4 is 5.91 Å². The van der Waals surface area contributed by atoms with Crippen LogP contribution in [0.1, 0.15) is 6.92 Å². The van der Waals surface area contributed by atoms with Gasteiger partial charge in [0.1, 0.15) is 0 Å². The largest absolute Gasteiger partial charge is 0.344 e. The highest BCUT2D eigenvalue weighted by atomic mass is 16.2. The molecule has 0 aromatic rings. The van der Waals surface area contributed by atoms with Crippen molar-refractivity contribution in [2.24, 2.45) is 11.7 Å². The molecular weight excluding hydrogens is 116 g/mol. The predicted molar refractivity (Wildman–Crippen MR) is 34.8 cm³/mol. The zero-order valence-corrected chi connectivity index (χ0v) is 5.79. The lowest BCUT2D eigenvalue weighted by Gasteiger charge is -2.05. The van der Waals surface area contributed by atoms with E-state index in [0.29, 0.717) is 6.54 Å². The number of likely N-dealkylation sites (N-methyl/N-ethyl adjacent to an activating group) is 1. The van der Waals surface area contributed by atoms with Gasteiger partial charge in [-0.2, -0.15) is 0 Å². The van der Waals surface area contributed by atoms with Crippen molar-refractivity contribution in [3.63, 3.8) is 0 Å². The van der Waals surface area contributed by atoms with Crippen molar-refractivity contribution in [1.29, 1.82) is 0 Å². The standard InChI is InChI=1S/C6H12N2O/c1-4-5(7)3-8(2)6(4)9/h4-5H,3,7H2,1-2H3. The number of amides is 1. The van der Waals surface area contributed by atoms with Crippen LogP contribution in [0.25, 0.3) is 0 Å². The summed E-state index contributed by atoms with van der Waals surface area (Å²) in [5.41, 5.74) is 5.60. The minimum atomic E-state index is 0.0231. The van der Waals surface area contributed by atoms with Crippen LogP contribution in [0, 0.1) is 5.92 Å². The minimum Gasteiger partial charge on any atom is -0.344 e. The second-order valence-electron chi connectivity index (χ2n) is 2.67. The second kappa shape index (κ2) is 1.99. The maximum Gasteiger partial charge on any atom is 0.226 e. The summed E-state index contributed by atoms with van der Waals surface area (Å²) in [5, 5.41) is 0. The van der Waals surface area contributed by atoms with Crippen LogP contribution in [0.3, 0.4) is 0 Å². The summed E-state index contributed by atoms with van der Waals surface area (Å²) < 4.78 is 0. The van der Waals surface area contributed by atoms with Crippen LogP contribution in [0.15, 0.2) is 0 Å². The second-order valence-corrected chi connectivity index (χ2v) is 2.67. The van der Waals surface area contributed by atoms with Crippen molar-refractivity contribution in [2.45, 2.75) is 13.0 Å². The number of carbonyl (C=O) groups is 1. The Morgan fingerprint density at radius 3 is 2.44 bits per heavy atom. The van der Waals surface area contributed by atoms with E-state index in [1.54, 1.807) is 11.9 Å². The van der Waals surface area contributed by atoms with Crippen LogP contribution in [0.2, 0.25) is 0 Å². The lowest BCUT2D eigenvalue weighted by atomic mass is 10.1. The molecular formula is C6H12N2O. The number of hydrogen-bond donors (Lipinski definition) is 1. The molecule has 1 heterocycles. The zero-order chi connectivity index (χ0) is 7.02. The molecule has 1 saturated heterocycles. The monoisotopic (exact) mass is 128 g/mol. The Labute approximate surface area is 54.8 Å². The van der Waals surface area contributed by atoms with Crippen LogP contribution < -0.4 is 5.73 Å². The third kappa shape index (κ3) is 0.920. The fourth-order valence-corrected chi connectivity index (χ4v) is 1.10. The summed E-state index contributed by atoms with van der Waals surface area (Å²) in [4.78, 5) is 12.6. The van der Waals surface area contributed by atoms with Gasteiger partial charge in [0.05, 0.1) is 5.92 Å². The molecule has 1 amide bonds. The van der Waals surface area contributed by atoms with Gasteiger partial charge in [0.25, 0.3) is 0 Å². The van der Waals surface area contributed by atoms with Crippen molar-refractivity contribution in [2.75, 3.05) is 13.6 Å². The summed E-state index contributed by atoms with van der Waals surface area (Å²) in [6, 6.07) is 0.0440. The summed E-state index contributed by atoms with van der Waals surface area (Å²) in [7, 11) is 1.78. The van der Waals surface area contributed by atoms with Gasteiger partial charge >= 0.3 is 0 Å². The highest BCUT2D eigenvalue weighted by Gasteiger charge is 2.31. The van der Waals surface area contributed by atoms with Crippen LogP contribution in [-0.2, 0) is 4.79 Å². The van der Waals surface area contributed by atoms with E-state index in [9.17, 15) is 4.79 Å². The van der Waals surface area contributed by atoms with E-state index >= 15 is 0 Å². The molecule has 2 unspecified atom stereocenters. The quantitative estimate of drug-likeness (QED) is 0.474. The molecule has 0 spiro atoms. The van der Waals surface area contributed by atoms with E-state index in [1.807, 2.05) is 6.92 Å². The first-order chi connectivity index (χ1) is 4.13. The van der Waals surface area contributed by atoms with Gasteiger partial charge < -0.3 is 10.6 Å². The maximum atomic E-state index is 11.0. The first kappa shape index (κ1) is 6.55. The van der Waals surface area contributed by atoms with Crippen LogP contribution in [0.5, 0.6) is 0 Å². The Morgan fingerprint density at radius 1 is 1.78 bits per heavy atom. The molecule has 2 atom stereocenters. The highest BCUT2D eigenvalue weighted by Crippen LogP contribution is 2.13. The van der Waals surface area contributed by atoms with Crippen LogP contribution in [0.4, 0.5) is 0 Å². The third-order valence-corrected chi connectivity index (χ3v) is 1.89. The zero-order valence-electron chi connectivity index (χ0n) is 5.79. The minimum absolute atomic E-state index is 0.0231. The maximum absolute atomic E-state index is 11.0. The molecule has 9 heavy (non-hydrogen) atoms. The molecule has 1 aliphatic rings. The Morgan fingerprint density at radius 2 is 2.33 bits per heavy atom. The normalized spacial score (nSPS) is 35.9. The van der Waals surface area contributed by atoms with Gasteiger partial charge in [-0.05, 0) is 0 Å². The molecule has 0 aromatic heterocycles. The molecule has 1 fully saturated rings. The molecule has 1 rings (SSSR count). The molecule has 0 aliphatic carbocycles. The first-order valence-electron chi connectivity index (χ1n) is 3.13. The molecule has 52 valence electrons. The molecule has 0 saturated carbocycles. The number of likely N-dealkylation sites (tertiary alicyclic amines) is 1. The first-order valence-corrected chi connectivity index (χ1v) is 3.13. The summed E-state index contributed by atoms with van der Waals surface area (Å²) in [6.45, 7) is 2.58. The molecule has 3 nitrogen and oxygen atoms in total. The Balaban J connectivity index is 2.65. The number of nitrogens with zero attached hydrogens (tertiary/aromatic N) is 1. The van der Waals surface area contributed by atoms with E-state index in [2.05, 4.69) is 0 Å². The fraction of sp³-hybridized carbons (Fsp3) is 0.833. The van der Waals surface area contributed by atoms with Gasteiger partial charge in [-0.1, -0.05) is 6.92 Å². The van der Waals surface area contributed by atoms with Crippen LogP contribution in [-0.4, -0.2) is 30.4 Å². The summed E-state index contributed by atoms with van der Waals surface area (Å²) in [6.07, 6.45) is 0. The lowest BCUT2D eigenvalue weighted by Crippen LogP contribution is -2.27. The third-order valence-electron chi connectivity index (χ3n) is 1.89. The van der Waals surface area contributed by atoms with Crippen molar-refractivity contribution in [3.8, 4) is 0 Å². The number of hydrogen-bond acceptors (Lipinski definition) is 2.